The lowest BCUT2D eigenvalue weighted by Crippen LogP contribution is -2.00. The second-order valence-corrected chi connectivity index (χ2v) is 5.76. The molecule has 0 unspecified atom stereocenters. The molecule has 0 saturated carbocycles. The molecule has 0 amide bonds. The van der Waals surface area contributed by atoms with Gasteiger partial charge in [0.2, 0.25) is 0 Å². The van der Waals surface area contributed by atoms with Crippen LogP contribution in [-0.2, 0) is 0 Å². The Hall–Kier alpha value is -2.08. The van der Waals surface area contributed by atoms with Crippen molar-refractivity contribution in [1.82, 2.24) is 4.98 Å². The van der Waals surface area contributed by atoms with Gasteiger partial charge in [0.25, 0.3) is 0 Å². The number of methoxy groups -OCH3 is 2. The number of aromatic nitrogens is 1. The zero-order valence-electron chi connectivity index (χ0n) is 12.3. The Kier molecular flexibility index (Phi) is 4.47. The highest BCUT2D eigenvalue weighted by Crippen LogP contribution is 2.42. The highest BCUT2D eigenvalue weighted by atomic mass is 32.1. The molecule has 21 heavy (non-hydrogen) atoms. The summed E-state index contributed by atoms with van der Waals surface area (Å²) in [5, 5.41) is 10.2. The number of para-hydroxylation sites is 1. The quantitative estimate of drug-likeness (QED) is 0.913. The summed E-state index contributed by atoms with van der Waals surface area (Å²) in [4.78, 5) is 16.3. The van der Waals surface area contributed by atoms with Gasteiger partial charge < -0.3 is 14.6 Å². The summed E-state index contributed by atoms with van der Waals surface area (Å²) in [5.41, 5.74) is 0.730. The van der Waals surface area contributed by atoms with Gasteiger partial charge >= 0.3 is 5.97 Å². The van der Waals surface area contributed by atoms with Crippen LogP contribution in [0, 0.1) is 0 Å². The maximum Gasteiger partial charge on any atom is 0.356 e. The van der Waals surface area contributed by atoms with Gasteiger partial charge in [-0.1, -0.05) is 19.9 Å². The van der Waals surface area contributed by atoms with E-state index in [1.807, 2.05) is 19.9 Å². The lowest BCUT2D eigenvalue weighted by atomic mass is 10.1. The van der Waals surface area contributed by atoms with E-state index in [1.54, 1.807) is 19.2 Å². The van der Waals surface area contributed by atoms with Crippen LogP contribution in [0.3, 0.4) is 0 Å². The van der Waals surface area contributed by atoms with E-state index in [0.29, 0.717) is 21.9 Å². The summed E-state index contributed by atoms with van der Waals surface area (Å²) in [6.07, 6.45) is 0. The van der Waals surface area contributed by atoms with Gasteiger partial charge in [-0.25, -0.2) is 9.78 Å². The maximum atomic E-state index is 11.5. The van der Waals surface area contributed by atoms with Gasteiger partial charge in [0, 0.05) is 11.5 Å². The van der Waals surface area contributed by atoms with Crippen molar-refractivity contribution in [3.63, 3.8) is 0 Å². The van der Waals surface area contributed by atoms with E-state index >= 15 is 0 Å². The van der Waals surface area contributed by atoms with Crippen molar-refractivity contribution in [2.45, 2.75) is 19.8 Å². The van der Waals surface area contributed by atoms with Crippen molar-refractivity contribution in [3.05, 3.63) is 28.9 Å². The van der Waals surface area contributed by atoms with Crippen LogP contribution < -0.4 is 9.47 Å². The minimum Gasteiger partial charge on any atom is -0.493 e. The zero-order chi connectivity index (χ0) is 15.6. The monoisotopic (exact) mass is 307 g/mol. The molecule has 0 fully saturated rings. The molecular weight excluding hydrogens is 290 g/mol. The van der Waals surface area contributed by atoms with Gasteiger partial charge in [-0.2, -0.15) is 0 Å². The molecule has 0 radical (unpaired) electrons. The number of carboxylic acid groups (broad SMARTS) is 1. The van der Waals surface area contributed by atoms with E-state index in [1.165, 1.54) is 18.4 Å². The summed E-state index contributed by atoms with van der Waals surface area (Å²) in [5.74, 6) is 0.198. The molecular formula is C15H17NO4S. The Morgan fingerprint density at radius 1 is 1.29 bits per heavy atom. The minimum absolute atomic E-state index is 0.0512. The second-order valence-electron chi connectivity index (χ2n) is 4.73. The molecule has 1 heterocycles. The summed E-state index contributed by atoms with van der Waals surface area (Å²) < 4.78 is 10.7. The predicted molar refractivity (Wildman–Crippen MR) is 81.7 cm³/mol. The Morgan fingerprint density at radius 2 is 2.00 bits per heavy atom. The SMILES string of the molecule is COc1cccc(-c2sc(C(C)C)nc2C(=O)O)c1OC. The summed E-state index contributed by atoms with van der Waals surface area (Å²) >= 11 is 1.37. The van der Waals surface area contributed by atoms with Crippen LogP contribution in [0.15, 0.2) is 18.2 Å². The third-order valence-electron chi connectivity index (χ3n) is 2.99. The highest BCUT2D eigenvalue weighted by Gasteiger charge is 2.23. The smallest absolute Gasteiger partial charge is 0.356 e. The first-order valence-electron chi connectivity index (χ1n) is 6.45. The van der Waals surface area contributed by atoms with Gasteiger partial charge in [-0.05, 0) is 12.1 Å². The van der Waals surface area contributed by atoms with Gasteiger partial charge in [-0.15, -0.1) is 11.3 Å². The third-order valence-corrected chi connectivity index (χ3v) is 4.38. The van der Waals surface area contributed by atoms with E-state index < -0.39 is 5.97 Å². The number of carbonyl (C=O) groups is 1. The number of ether oxygens (including phenoxy) is 2. The Bertz CT molecular complexity index is 664. The third kappa shape index (κ3) is 2.85. The molecule has 0 atom stereocenters. The maximum absolute atomic E-state index is 11.5. The highest BCUT2D eigenvalue weighted by molar-refractivity contribution is 7.15. The van der Waals surface area contributed by atoms with Crippen molar-refractivity contribution in [2.24, 2.45) is 0 Å². The average molecular weight is 307 g/mol. The average Bonchev–Trinajstić information content (AvgIpc) is 2.91. The Balaban J connectivity index is 2.69. The Labute approximate surface area is 127 Å². The molecule has 0 saturated heterocycles. The topological polar surface area (TPSA) is 68.7 Å². The lowest BCUT2D eigenvalue weighted by molar-refractivity contribution is 0.0692. The van der Waals surface area contributed by atoms with Crippen LogP contribution in [0.1, 0.15) is 35.3 Å². The first-order valence-corrected chi connectivity index (χ1v) is 7.26. The molecule has 2 rings (SSSR count). The van der Waals surface area contributed by atoms with Gasteiger partial charge in [0.15, 0.2) is 17.2 Å². The van der Waals surface area contributed by atoms with E-state index in [0.717, 1.165) is 5.01 Å². The number of rotatable bonds is 5. The number of thiazole rings is 1. The summed E-state index contributed by atoms with van der Waals surface area (Å²) in [7, 11) is 3.08. The molecule has 0 aliphatic rings. The van der Waals surface area contributed by atoms with Crippen molar-refractivity contribution in [1.29, 1.82) is 0 Å². The first kappa shape index (κ1) is 15.3. The van der Waals surface area contributed by atoms with Crippen LogP contribution in [0.5, 0.6) is 11.5 Å². The largest absolute Gasteiger partial charge is 0.493 e. The number of benzene rings is 1. The molecule has 1 N–H and O–H groups in total. The van der Waals surface area contributed by atoms with Gasteiger partial charge in [-0.3, -0.25) is 0 Å². The van der Waals surface area contributed by atoms with Crippen LogP contribution in [-0.4, -0.2) is 30.3 Å². The van der Waals surface area contributed by atoms with Crippen molar-refractivity contribution >= 4 is 17.3 Å². The first-order chi connectivity index (χ1) is 9.99. The molecule has 0 spiro atoms. The number of carboxylic acids is 1. The van der Waals surface area contributed by atoms with Crippen LogP contribution in [0.25, 0.3) is 10.4 Å². The molecule has 1 aromatic heterocycles. The van der Waals surface area contributed by atoms with Crippen LogP contribution in [0.2, 0.25) is 0 Å². The van der Waals surface area contributed by atoms with Crippen molar-refractivity contribution < 1.29 is 19.4 Å². The molecule has 2 aromatic rings. The van der Waals surface area contributed by atoms with Gasteiger partial charge in [0.1, 0.15) is 0 Å². The van der Waals surface area contributed by atoms with Gasteiger partial charge in [0.05, 0.1) is 24.1 Å². The number of hydrogen-bond donors (Lipinski definition) is 1. The standard InChI is InChI=1S/C15H17NO4S/c1-8(2)14-16-11(15(17)18)13(21-14)9-6-5-7-10(19-3)12(9)20-4/h5-8H,1-4H3,(H,17,18). The van der Waals surface area contributed by atoms with E-state index in [4.69, 9.17) is 9.47 Å². The van der Waals surface area contributed by atoms with Crippen LogP contribution in [0.4, 0.5) is 0 Å². The van der Waals surface area contributed by atoms with Crippen molar-refractivity contribution in [3.8, 4) is 21.9 Å². The number of aromatic carboxylic acids is 1. The normalized spacial score (nSPS) is 10.7. The summed E-state index contributed by atoms with van der Waals surface area (Å²) in [6, 6.07) is 5.38. The second kappa shape index (κ2) is 6.13. The van der Waals surface area contributed by atoms with E-state index in [2.05, 4.69) is 4.98 Å². The molecule has 112 valence electrons. The summed E-state index contributed by atoms with van der Waals surface area (Å²) in [6.45, 7) is 3.97. The fourth-order valence-corrected chi connectivity index (χ4v) is 3.06. The van der Waals surface area contributed by atoms with Crippen molar-refractivity contribution in [2.75, 3.05) is 14.2 Å². The van der Waals surface area contributed by atoms with E-state index in [-0.39, 0.29) is 11.6 Å². The molecule has 0 bridgehead atoms. The zero-order valence-corrected chi connectivity index (χ0v) is 13.2. The Morgan fingerprint density at radius 3 is 2.52 bits per heavy atom. The fraction of sp³-hybridized carbons (Fsp3) is 0.333. The predicted octanol–water partition coefficient (Wildman–Crippen LogP) is 3.65. The molecule has 6 heteroatoms. The molecule has 0 aliphatic heterocycles. The lowest BCUT2D eigenvalue weighted by Gasteiger charge is -2.11. The number of hydrogen-bond acceptors (Lipinski definition) is 5. The minimum atomic E-state index is -1.04. The van der Waals surface area contributed by atoms with Crippen LogP contribution >= 0.6 is 11.3 Å². The fourth-order valence-electron chi connectivity index (χ4n) is 1.98. The number of nitrogens with zero attached hydrogens (tertiary/aromatic N) is 1. The molecule has 5 nitrogen and oxygen atoms in total. The van der Waals surface area contributed by atoms with E-state index in [9.17, 15) is 9.90 Å². The molecule has 0 aliphatic carbocycles. The molecule has 1 aromatic carbocycles.